The molecule has 2 aromatic carbocycles. The molecule has 8 nitrogen and oxygen atoms in total. The third kappa shape index (κ3) is 5.13. The first-order chi connectivity index (χ1) is 16.3. The van der Waals surface area contributed by atoms with E-state index in [4.69, 9.17) is 11.6 Å². The zero-order valence-corrected chi connectivity index (χ0v) is 19.4. The molecule has 0 saturated carbocycles. The molecule has 0 saturated heterocycles. The van der Waals surface area contributed by atoms with E-state index in [0.717, 1.165) is 25.9 Å². The number of halogens is 1. The van der Waals surface area contributed by atoms with Crippen LogP contribution in [0.3, 0.4) is 0 Å². The minimum absolute atomic E-state index is 0.0593. The summed E-state index contributed by atoms with van der Waals surface area (Å²) in [6, 6.07) is 15.9. The van der Waals surface area contributed by atoms with Gasteiger partial charge in [0.15, 0.2) is 0 Å². The fourth-order valence-electron chi connectivity index (χ4n) is 3.62. The van der Waals surface area contributed by atoms with Crippen LogP contribution in [0.4, 0.5) is 0 Å². The van der Waals surface area contributed by atoms with Crippen molar-refractivity contribution in [2.45, 2.75) is 26.9 Å². The van der Waals surface area contributed by atoms with E-state index in [-0.39, 0.29) is 18.8 Å². The first-order valence-corrected chi connectivity index (χ1v) is 10.9. The lowest BCUT2D eigenvalue weighted by Crippen LogP contribution is -2.46. The summed E-state index contributed by atoms with van der Waals surface area (Å²) in [7, 11) is 0. The molecule has 2 heterocycles. The van der Waals surface area contributed by atoms with E-state index in [2.05, 4.69) is 15.4 Å². The van der Waals surface area contributed by atoms with Crippen LogP contribution in [0.25, 0.3) is 5.69 Å². The molecule has 4 aromatic rings. The molecule has 2 aromatic heterocycles. The molecule has 0 aliphatic heterocycles. The molecule has 9 heteroatoms. The number of pyridine rings is 1. The largest absolute Gasteiger partial charge is 0.352 e. The van der Waals surface area contributed by atoms with Gasteiger partial charge in [-0.2, -0.15) is 9.78 Å². The van der Waals surface area contributed by atoms with Crippen molar-refractivity contribution >= 4 is 17.5 Å². The van der Waals surface area contributed by atoms with E-state index in [0.29, 0.717) is 16.3 Å². The van der Waals surface area contributed by atoms with Crippen LogP contribution >= 0.6 is 11.6 Å². The molecular weight excluding hydrogens is 454 g/mol. The maximum Gasteiger partial charge on any atom is 0.352 e. The van der Waals surface area contributed by atoms with Crippen molar-refractivity contribution in [2.75, 3.05) is 0 Å². The SMILES string of the molecule is Cc1cc(C)cc(-n2nc(C(=O)NCc3ccncc3)c(=O)n(Cc3cccc(Cl)c3)c2=O)c1. The van der Waals surface area contributed by atoms with Crippen LogP contribution in [-0.2, 0) is 13.1 Å². The zero-order chi connectivity index (χ0) is 24.2. The van der Waals surface area contributed by atoms with E-state index < -0.39 is 17.2 Å². The molecule has 4 rings (SSSR count). The number of hydrogen-bond donors (Lipinski definition) is 1. The number of carbonyl (C=O) groups is 1. The van der Waals surface area contributed by atoms with Gasteiger partial charge in [-0.3, -0.25) is 19.1 Å². The van der Waals surface area contributed by atoms with Crippen LogP contribution in [0, 0.1) is 13.8 Å². The molecule has 0 aliphatic carbocycles. The molecule has 1 N–H and O–H groups in total. The summed E-state index contributed by atoms with van der Waals surface area (Å²) in [6.45, 7) is 3.91. The summed E-state index contributed by atoms with van der Waals surface area (Å²) in [5.74, 6) is -0.681. The molecule has 172 valence electrons. The van der Waals surface area contributed by atoms with Crippen molar-refractivity contribution in [1.29, 1.82) is 0 Å². The Kier molecular flexibility index (Phi) is 6.70. The highest BCUT2D eigenvalue weighted by atomic mass is 35.5. The van der Waals surface area contributed by atoms with E-state index in [9.17, 15) is 14.4 Å². The number of rotatable bonds is 6. The Hall–Kier alpha value is -4.04. The minimum Gasteiger partial charge on any atom is -0.346 e. The molecule has 0 fully saturated rings. The summed E-state index contributed by atoms with van der Waals surface area (Å²) < 4.78 is 2.09. The van der Waals surface area contributed by atoms with Gasteiger partial charge in [0.05, 0.1) is 12.2 Å². The van der Waals surface area contributed by atoms with Gasteiger partial charge >= 0.3 is 5.69 Å². The number of carbonyl (C=O) groups excluding carboxylic acids is 1. The normalized spacial score (nSPS) is 10.8. The van der Waals surface area contributed by atoms with Crippen molar-refractivity contribution in [3.8, 4) is 5.69 Å². The third-order valence-corrected chi connectivity index (χ3v) is 5.39. The van der Waals surface area contributed by atoms with Crippen LogP contribution in [0.2, 0.25) is 5.02 Å². The maximum atomic E-state index is 13.3. The average Bonchev–Trinajstić information content (AvgIpc) is 2.80. The summed E-state index contributed by atoms with van der Waals surface area (Å²) in [5.41, 5.74) is 1.94. The second-order valence-corrected chi connectivity index (χ2v) is 8.38. The standard InChI is InChI=1S/C25H22ClN5O3/c1-16-10-17(2)12-21(11-16)31-25(34)30(15-19-4-3-5-20(26)13-19)24(33)22(29-31)23(32)28-14-18-6-8-27-9-7-18/h3-13H,14-15H2,1-2H3,(H,28,32). The summed E-state index contributed by atoms with van der Waals surface area (Å²) in [4.78, 5) is 43.5. The number of hydrogen-bond acceptors (Lipinski definition) is 5. The Morgan fingerprint density at radius 1 is 0.971 bits per heavy atom. The molecule has 0 unspecified atom stereocenters. The Balaban J connectivity index is 1.82. The van der Waals surface area contributed by atoms with Crippen LogP contribution in [-0.4, -0.2) is 25.2 Å². The topological polar surface area (TPSA) is 98.9 Å². The fourth-order valence-corrected chi connectivity index (χ4v) is 3.84. The zero-order valence-electron chi connectivity index (χ0n) is 18.7. The molecule has 0 atom stereocenters. The van der Waals surface area contributed by atoms with E-state index >= 15 is 0 Å². The van der Waals surface area contributed by atoms with E-state index in [1.165, 1.54) is 0 Å². The lowest BCUT2D eigenvalue weighted by atomic mass is 10.1. The molecule has 34 heavy (non-hydrogen) atoms. The van der Waals surface area contributed by atoms with E-state index in [1.54, 1.807) is 60.9 Å². The number of benzene rings is 2. The van der Waals surface area contributed by atoms with Gasteiger partial charge in [-0.1, -0.05) is 29.8 Å². The molecular formula is C25H22ClN5O3. The number of nitrogens with zero attached hydrogens (tertiary/aromatic N) is 4. The van der Waals surface area contributed by atoms with Gasteiger partial charge in [0.25, 0.3) is 11.5 Å². The predicted molar refractivity (Wildman–Crippen MR) is 130 cm³/mol. The van der Waals surface area contributed by atoms with Crippen LogP contribution < -0.4 is 16.6 Å². The first kappa shape index (κ1) is 23.1. The van der Waals surface area contributed by atoms with Crippen LogP contribution in [0.5, 0.6) is 0 Å². The molecule has 0 aliphatic rings. The highest BCUT2D eigenvalue weighted by Gasteiger charge is 2.21. The quantitative estimate of drug-likeness (QED) is 0.462. The van der Waals surface area contributed by atoms with Crippen LogP contribution in [0.1, 0.15) is 32.7 Å². The number of nitrogens with one attached hydrogen (secondary N) is 1. The summed E-state index contributed by atoms with van der Waals surface area (Å²) >= 11 is 6.08. The monoisotopic (exact) mass is 475 g/mol. The molecule has 0 bridgehead atoms. The van der Waals surface area contributed by atoms with Gasteiger partial charge in [-0.05, 0) is 72.5 Å². The van der Waals surface area contributed by atoms with Crippen molar-refractivity contribution in [1.82, 2.24) is 24.6 Å². The van der Waals surface area contributed by atoms with Crippen molar-refractivity contribution in [3.63, 3.8) is 0 Å². The highest BCUT2D eigenvalue weighted by molar-refractivity contribution is 6.30. The van der Waals surface area contributed by atoms with Crippen molar-refractivity contribution < 1.29 is 4.79 Å². The Bertz CT molecular complexity index is 1460. The fraction of sp³-hybridized carbons (Fsp3) is 0.160. The average molecular weight is 476 g/mol. The van der Waals surface area contributed by atoms with Gasteiger partial charge in [0.2, 0.25) is 5.69 Å². The second kappa shape index (κ2) is 9.84. The Labute approximate surface area is 200 Å². The second-order valence-electron chi connectivity index (χ2n) is 7.95. The lowest BCUT2D eigenvalue weighted by Gasteiger charge is -2.13. The Morgan fingerprint density at radius 2 is 1.68 bits per heavy atom. The molecule has 1 amide bonds. The third-order valence-electron chi connectivity index (χ3n) is 5.16. The van der Waals surface area contributed by atoms with Gasteiger partial charge in [-0.15, -0.1) is 0 Å². The first-order valence-electron chi connectivity index (χ1n) is 10.6. The summed E-state index contributed by atoms with van der Waals surface area (Å²) in [6.07, 6.45) is 3.22. The van der Waals surface area contributed by atoms with Gasteiger partial charge in [0.1, 0.15) is 0 Å². The molecule has 0 radical (unpaired) electrons. The van der Waals surface area contributed by atoms with Crippen molar-refractivity contribution in [2.24, 2.45) is 0 Å². The highest BCUT2D eigenvalue weighted by Crippen LogP contribution is 2.13. The minimum atomic E-state index is -0.780. The van der Waals surface area contributed by atoms with Crippen molar-refractivity contribution in [3.05, 3.63) is 121 Å². The van der Waals surface area contributed by atoms with Gasteiger partial charge in [0, 0.05) is 24.0 Å². The number of aromatic nitrogens is 4. The number of aryl methyl sites for hydroxylation is 2. The predicted octanol–water partition coefficient (Wildman–Crippen LogP) is 3.04. The van der Waals surface area contributed by atoms with Crippen LogP contribution in [0.15, 0.2) is 76.6 Å². The smallest absolute Gasteiger partial charge is 0.346 e. The Morgan fingerprint density at radius 3 is 2.35 bits per heavy atom. The number of amides is 1. The summed E-state index contributed by atoms with van der Waals surface area (Å²) in [5, 5.41) is 7.35. The lowest BCUT2D eigenvalue weighted by molar-refractivity contribution is 0.0941. The van der Waals surface area contributed by atoms with Gasteiger partial charge < -0.3 is 5.32 Å². The molecule has 0 spiro atoms. The van der Waals surface area contributed by atoms with Gasteiger partial charge in [-0.25, -0.2) is 4.79 Å². The van der Waals surface area contributed by atoms with E-state index in [1.807, 2.05) is 19.9 Å². The maximum absolute atomic E-state index is 13.3.